The van der Waals surface area contributed by atoms with Crippen molar-refractivity contribution in [3.63, 3.8) is 0 Å². The number of rotatable bonds is 10. The van der Waals surface area contributed by atoms with Crippen LogP contribution < -0.4 is 44.8 Å². The number of para-hydroxylation sites is 3. The van der Waals surface area contributed by atoms with Crippen molar-refractivity contribution >= 4 is 58.9 Å². The number of hydrogen-bond acceptors (Lipinski definition) is 13. The Kier molecular flexibility index (Phi) is 21.5. The molecule has 3 aromatic rings. The molecule has 0 saturated carbocycles. The summed E-state index contributed by atoms with van der Waals surface area (Å²) < 4.78 is 20.0. The quantitative estimate of drug-likeness (QED) is 0.112. The van der Waals surface area contributed by atoms with Gasteiger partial charge in [0.1, 0.15) is 35.9 Å². The zero-order valence-electron chi connectivity index (χ0n) is 37.5. The van der Waals surface area contributed by atoms with Crippen LogP contribution >= 0.6 is 0 Å². The largest absolute Gasteiger partial charge is 1.00 e. The normalized spacial score (nSPS) is 16.1. The van der Waals surface area contributed by atoms with E-state index in [2.05, 4.69) is 16.0 Å². The van der Waals surface area contributed by atoms with Crippen LogP contribution in [0, 0.1) is 0 Å². The Balaban J connectivity index is 0.000000309. The minimum absolute atomic E-state index is 0. The Hall–Kier alpha value is -5.92. The van der Waals surface area contributed by atoms with Crippen molar-refractivity contribution in [2.75, 3.05) is 35.3 Å². The van der Waals surface area contributed by atoms with Gasteiger partial charge in [-0.15, -0.1) is 0 Å². The fourth-order valence-corrected chi connectivity index (χ4v) is 6.40. The molecule has 2 amide bonds. The second-order valence-corrected chi connectivity index (χ2v) is 16.4. The van der Waals surface area contributed by atoms with Crippen molar-refractivity contribution in [1.82, 2.24) is 5.32 Å². The molecule has 0 radical (unpaired) electrons. The molecule has 0 aliphatic carbocycles. The first kappa shape index (κ1) is 54.2. The number of esters is 3. The smallest absolute Gasteiger partial charge is 0.408 e. The number of halogens is 1. The Morgan fingerprint density at radius 1 is 0.656 bits per heavy atom. The zero-order chi connectivity index (χ0) is 46.9. The third-order valence-electron chi connectivity index (χ3n) is 8.96. The molecule has 0 spiro atoms. The number of nitrogens with one attached hydrogen (secondary N) is 3. The molecule has 6 rings (SSSR count). The second-order valence-electron chi connectivity index (χ2n) is 16.4. The first-order chi connectivity index (χ1) is 29.6. The number of hydrogen-bond donors (Lipinski definition) is 5. The number of ether oxygens (including phenoxy) is 4. The zero-order valence-corrected chi connectivity index (χ0v) is 39.7. The molecule has 0 bridgehead atoms. The van der Waals surface area contributed by atoms with Crippen LogP contribution in [0.5, 0.6) is 0 Å². The molecule has 0 fully saturated rings. The predicted octanol–water partition coefficient (Wildman–Crippen LogP) is 2.92. The Morgan fingerprint density at radius 2 is 1.14 bits per heavy atom. The highest BCUT2D eigenvalue weighted by Gasteiger charge is 2.39. The van der Waals surface area contributed by atoms with E-state index in [1.54, 1.807) is 60.6 Å². The van der Waals surface area contributed by atoms with Gasteiger partial charge in [0.05, 0.1) is 26.1 Å². The molecule has 0 saturated heterocycles. The Morgan fingerprint density at radius 3 is 1.64 bits per heavy atom. The van der Waals surface area contributed by atoms with E-state index in [9.17, 15) is 33.6 Å². The van der Waals surface area contributed by atoms with Crippen LogP contribution in [0.4, 0.5) is 21.9 Å². The number of carbonyl (C=O) groups is 7. The topological polar surface area (TPSA) is 236 Å². The summed E-state index contributed by atoms with van der Waals surface area (Å²) in [6.07, 6.45) is 0.802. The lowest BCUT2D eigenvalue weighted by atomic mass is 10.1. The first-order valence-electron chi connectivity index (χ1n) is 20.7. The van der Waals surface area contributed by atoms with Crippen LogP contribution in [-0.4, -0.2) is 101 Å². The third kappa shape index (κ3) is 18.1. The van der Waals surface area contributed by atoms with E-state index in [0.717, 1.165) is 28.9 Å². The van der Waals surface area contributed by atoms with Gasteiger partial charge in [-0.05, 0) is 90.3 Å². The predicted molar refractivity (Wildman–Crippen MR) is 234 cm³/mol. The summed E-state index contributed by atoms with van der Waals surface area (Å²) in [4.78, 5) is 81.0. The summed E-state index contributed by atoms with van der Waals surface area (Å²) in [5.74, 6) is -3.25. The fourth-order valence-electron chi connectivity index (χ4n) is 6.40. The van der Waals surface area contributed by atoms with Gasteiger partial charge in [0.25, 0.3) is 0 Å². The van der Waals surface area contributed by atoms with Crippen LogP contribution in [0.1, 0.15) is 84.9 Å². The molecule has 0 unspecified atom stereocenters. The number of alkyl carbamates (subject to hydrolysis) is 1. The lowest BCUT2D eigenvalue weighted by Gasteiger charge is -2.25. The van der Waals surface area contributed by atoms with Gasteiger partial charge in [0, 0.05) is 36.3 Å². The van der Waals surface area contributed by atoms with Gasteiger partial charge < -0.3 is 69.1 Å². The van der Waals surface area contributed by atoms with Gasteiger partial charge in [-0.1, -0.05) is 54.6 Å². The minimum Gasteiger partial charge on any atom is -1.00 e. The van der Waals surface area contributed by atoms with Crippen molar-refractivity contribution in [3.8, 4) is 0 Å². The molecule has 3 aliphatic heterocycles. The molecule has 3 atom stereocenters. The summed E-state index contributed by atoms with van der Waals surface area (Å²) in [7, 11) is 0. The average molecular weight is 1000 g/mol. The SMILES string of the molecule is CC(C)(C)OC(=O)CCC(=O)O.CCOC(=O)[C@@H]1Cc2ccccc2N1.CCOC(=O)[C@@H]1Cc2ccccc2N1C(=O)CNC(=O)OC(C)(C)C.O=C(O)[C@@H]1Cc2ccccc2N1.[I-]. The van der Waals surface area contributed by atoms with E-state index in [1.165, 1.54) is 10.5 Å². The van der Waals surface area contributed by atoms with E-state index >= 15 is 0 Å². The van der Waals surface area contributed by atoms with Crippen LogP contribution in [0.15, 0.2) is 72.8 Å². The number of carboxylic acids is 2. The number of aliphatic carboxylic acids is 2. The van der Waals surface area contributed by atoms with Crippen molar-refractivity contribution in [3.05, 3.63) is 89.5 Å². The summed E-state index contributed by atoms with van der Waals surface area (Å²) in [5.41, 5.74) is 4.64. The molecule has 3 aromatic carbocycles. The summed E-state index contributed by atoms with van der Waals surface area (Å²) in [6, 6.07) is 21.6. The maximum absolute atomic E-state index is 12.6. The third-order valence-corrected chi connectivity index (χ3v) is 8.96. The number of carboxylic acid groups (broad SMARTS) is 2. The van der Waals surface area contributed by atoms with Crippen molar-refractivity contribution < 1.29 is 86.7 Å². The van der Waals surface area contributed by atoms with Crippen LogP contribution in [-0.2, 0) is 67.0 Å². The lowest BCUT2D eigenvalue weighted by molar-refractivity contribution is -0.157. The molecule has 17 nitrogen and oxygen atoms in total. The number of benzene rings is 3. The molecular formula is C46H60IN4O13-. The van der Waals surface area contributed by atoms with Crippen LogP contribution in [0.3, 0.4) is 0 Å². The number of nitrogens with zero attached hydrogens (tertiary/aromatic N) is 1. The summed E-state index contributed by atoms with van der Waals surface area (Å²) in [6.45, 7) is 14.4. The lowest BCUT2D eigenvalue weighted by Crippen LogP contribution is -3.00. The molecule has 5 N–H and O–H groups in total. The maximum Gasteiger partial charge on any atom is 0.408 e. The fraction of sp³-hybridized carbons (Fsp3) is 0.457. The van der Waals surface area contributed by atoms with Gasteiger partial charge in [-0.25, -0.2) is 19.2 Å². The molecule has 350 valence electrons. The van der Waals surface area contributed by atoms with Crippen molar-refractivity contribution in [1.29, 1.82) is 0 Å². The van der Waals surface area contributed by atoms with E-state index in [1.807, 2.05) is 67.6 Å². The molecular weight excluding hydrogens is 943 g/mol. The molecule has 3 aliphatic rings. The minimum atomic E-state index is -0.985. The van der Waals surface area contributed by atoms with E-state index in [4.69, 9.17) is 29.2 Å². The van der Waals surface area contributed by atoms with Gasteiger partial charge in [0.15, 0.2) is 0 Å². The highest BCUT2D eigenvalue weighted by atomic mass is 127. The van der Waals surface area contributed by atoms with E-state index in [-0.39, 0.29) is 62.0 Å². The van der Waals surface area contributed by atoms with Crippen molar-refractivity contribution in [2.45, 2.75) is 117 Å². The monoisotopic (exact) mass is 1000 g/mol. The highest BCUT2D eigenvalue weighted by molar-refractivity contribution is 6.04. The van der Waals surface area contributed by atoms with Gasteiger partial charge >= 0.3 is 35.9 Å². The number of amides is 2. The second kappa shape index (κ2) is 25.4. The van der Waals surface area contributed by atoms with Gasteiger partial charge in [0.2, 0.25) is 5.91 Å². The summed E-state index contributed by atoms with van der Waals surface area (Å²) in [5, 5.41) is 25.5. The van der Waals surface area contributed by atoms with Crippen LogP contribution in [0.25, 0.3) is 0 Å². The molecule has 18 heteroatoms. The van der Waals surface area contributed by atoms with Crippen molar-refractivity contribution in [2.24, 2.45) is 0 Å². The van der Waals surface area contributed by atoms with Gasteiger partial charge in [-0.3, -0.25) is 19.3 Å². The highest BCUT2D eigenvalue weighted by Crippen LogP contribution is 2.33. The van der Waals surface area contributed by atoms with E-state index in [0.29, 0.717) is 25.1 Å². The number of anilines is 3. The van der Waals surface area contributed by atoms with Crippen LogP contribution in [0.2, 0.25) is 0 Å². The maximum atomic E-state index is 12.6. The number of carbonyl (C=O) groups excluding carboxylic acids is 5. The molecule has 0 aromatic heterocycles. The Bertz CT molecular complexity index is 2030. The Labute approximate surface area is 390 Å². The van der Waals surface area contributed by atoms with E-state index < -0.39 is 59.2 Å². The molecule has 64 heavy (non-hydrogen) atoms. The van der Waals surface area contributed by atoms with Gasteiger partial charge in [-0.2, -0.15) is 0 Å². The number of fused-ring (bicyclic) bond motifs is 3. The standard InChI is InChI=1S/C18H24N2O5.C11H13NO2.C9H9NO2.C8H14O4.HI/c1-5-24-16(22)14-10-12-8-6-7-9-13(12)20(14)15(21)11-19-17(23)25-18(2,3)4;1-2-14-11(13)10-7-8-5-3-4-6-9(8)12-10;11-9(12)8-5-6-3-1-2-4-7(6)10-8;1-8(2,3)12-7(11)5-4-6(9)10;/h6-9,14H,5,10-11H2,1-4H3,(H,19,23);3-6,10,12H,2,7H2,1H3;1-4,8,10H,5H2,(H,11,12);4-5H2,1-3H3,(H,9,10);1H/p-1/t14-;10-;8-;;/m000../s1. The first-order valence-corrected chi connectivity index (χ1v) is 20.7. The molecule has 3 heterocycles. The summed E-state index contributed by atoms with van der Waals surface area (Å²) >= 11 is 0. The average Bonchev–Trinajstić information content (AvgIpc) is 3.95.